The monoisotopic (exact) mass is 689 g/mol. The minimum atomic E-state index is -0.907. The van der Waals surface area contributed by atoms with Crippen molar-refractivity contribution in [2.45, 2.75) is 80.8 Å². The van der Waals surface area contributed by atoms with Gasteiger partial charge in [-0.2, -0.15) is 4.98 Å². The smallest absolute Gasteiger partial charge is 0.258 e. The molecule has 50 heavy (non-hydrogen) atoms. The Kier molecular flexibility index (Phi) is 14.8. The molecule has 1 amide bonds. The lowest BCUT2D eigenvalue weighted by Gasteiger charge is -2.17. The van der Waals surface area contributed by atoms with Gasteiger partial charge in [0.1, 0.15) is 36.5 Å². The number of nitrogens with one attached hydrogen (secondary N) is 1. The second-order valence-electron chi connectivity index (χ2n) is 13.2. The Morgan fingerprint density at radius 1 is 0.960 bits per heavy atom. The lowest BCUT2D eigenvalue weighted by atomic mass is 10.0. The second kappa shape index (κ2) is 18.8. The molecule has 4 aromatic rings. The van der Waals surface area contributed by atoms with Crippen molar-refractivity contribution in [2.75, 3.05) is 19.8 Å². The molecule has 3 heterocycles. The van der Waals surface area contributed by atoms with Crippen LogP contribution < -0.4 is 15.8 Å². The van der Waals surface area contributed by atoms with Crippen molar-refractivity contribution in [1.29, 1.82) is 0 Å². The summed E-state index contributed by atoms with van der Waals surface area (Å²) in [7, 11) is 0. The van der Waals surface area contributed by atoms with E-state index in [2.05, 4.69) is 65.2 Å². The van der Waals surface area contributed by atoms with Crippen LogP contribution in [0.3, 0.4) is 0 Å². The number of oxime groups is 1. The summed E-state index contributed by atoms with van der Waals surface area (Å²) in [5.74, 6) is 2.15. The predicted molar refractivity (Wildman–Crippen MR) is 192 cm³/mol. The van der Waals surface area contributed by atoms with Crippen LogP contribution in [-0.4, -0.2) is 73.1 Å². The number of hydrogen-bond acceptors (Lipinski definition) is 11. The van der Waals surface area contributed by atoms with Crippen molar-refractivity contribution in [3.63, 3.8) is 0 Å². The predicted octanol–water partition coefficient (Wildman–Crippen LogP) is 4.71. The van der Waals surface area contributed by atoms with Gasteiger partial charge in [-0.3, -0.25) is 14.8 Å². The van der Waals surface area contributed by atoms with Gasteiger partial charge < -0.3 is 35.7 Å². The lowest BCUT2D eigenvalue weighted by Crippen LogP contribution is -2.36. The highest BCUT2D eigenvalue weighted by Crippen LogP contribution is 2.31. The van der Waals surface area contributed by atoms with Gasteiger partial charge in [0, 0.05) is 24.5 Å². The third kappa shape index (κ3) is 11.3. The standard InChI is InChI=1S/C26H34N4O5.C11H17N3O/c1-6-18-10-19(8-17(5)24(18)34-14-21(32)12-28-23(33)13-31)26-29-25(30-35-26)22-9-16(4)20(11-27-22)7-15(2)3;1-7(2)4-9-6-13-10(5-8(9)3)11(12)14-15/h8-11,15,21,31-32H,6-7,12-14H2,1-5H3,(H,28,33);5-7,15H,4H2,1-3H3,(H2,12,14)/t21-;/m0./s1. The molecule has 270 valence electrons. The number of pyridine rings is 2. The first-order valence-electron chi connectivity index (χ1n) is 16.8. The van der Waals surface area contributed by atoms with E-state index in [1.54, 1.807) is 6.20 Å². The molecule has 0 fully saturated rings. The summed E-state index contributed by atoms with van der Waals surface area (Å²) in [4.78, 5) is 24.4. The Morgan fingerprint density at radius 3 is 2.16 bits per heavy atom. The van der Waals surface area contributed by atoms with Crippen LogP contribution in [0.2, 0.25) is 0 Å². The molecular formula is C37H51N7O6. The third-order valence-electron chi connectivity index (χ3n) is 7.80. The average molecular weight is 690 g/mol. The van der Waals surface area contributed by atoms with E-state index in [0.717, 1.165) is 40.7 Å². The van der Waals surface area contributed by atoms with Crippen LogP contribution in [0.1, 0.15) is 73.7 Å². The van der Waals surface area contributed by atoms with Crippen LogP contribution in [0.15, 0.2) is 46.3 Å². The Bertz CT molecular complexity index is 1750. The molecular weight excluding hydrogens is 638 g/mol. The molecule has 0 aliphatic rings. The highest BCUT2D eigenvalue weighted by atomic mass is 16.5. The molecule has 13 nitrogen and oxygen atoms in total. The van der Waals surface area contributed by atoms with Crippen molar-refractivity contribution >= 4 is 11.7 Å². The summed E-state index contributed by atoms with van der Waals surface area (Å²) in [5.41, 5.74) is 13.9. The summed E-state index contributed by atoms with van der Waals surface area (Å²) in [5, 5.41) is 36.8. The second-order valence-corrected chi connectivity index (χ2v) is 13.2. The number of aryl methyl sites for hydroxylation is 4. The Labute approximate surface area is 294 Å². The maximum Gasteiger partial charge on any atom is 0.258 e. The number of carbonyl (C=O) groups excluding carboxylic acids is 1. The molecule has 6 N–H and O–H groups in total. The molecule has 4 rings (SSSR count). The molecule has 0 saturated heterocycles. The number of aromatic nitrogens is 4. The zero-order chi connectivity index (χ0) is 37.0. The van der Waals surface area contributed by atoms with Gasteiger partial charge in [-0.05, 0) is 110 Å². The number of nitrogens with zero attached hydrogens (tertiary/aromatic N) is 5. The molecule has 1 aromatic carbocycles. The number of carbonyl (C=O) groups is 1. The molecule has 1 atom stereocenters. The molecule has 0 unspecified atom stereocenters. The van der Waals surface area contributed by atoms with Crippen molar-refractivity contribution < 1.29 is 29.5 Å². The van der Waals surface area contributed by atoms with Gasteiger partial charge in [0.15, 0.2) is 5.84 Å². The molecule has 0 radical (unpaired) electrons. The first-order valence-corrected chi connectivity index (χ1v) is 16.8. The van der Waals surface area contributed by atoms with Crippen LogP contribution in [-0.2, 0) is 24.1 Å². The van der Waals surface area contributed by atoms with Crippen molar-refractivity contribution in [2.24, 2.45) is 22.7 Å². The fraction of sp³-hybridized carbons (Fsp3) is 0.459. The van der Waals surface area contributed by atoms with Crippen LogP contribution in [0.4, 0.5) is 0 Å². The lowest BCUT2D eigenvalue weighted by molar-refractivity contribution is -0.124. The Balaban J connectivity index is 0.000000376. The van der Waals surface area contributed by atoms with Crippen molar-refractivity contribution in [1.82, 2.24) is 25.4 Å². The summed E-state index contributed by atoms with van der Waals surface area (Å²) in [6.45, 7) is 16.1. The van der Waals surface area contributed by atoms with E-state index in [1.165, 1.54) is 11.1 Å². The van der Waals surface area contributed by atoms with Gasteiger partial charge in [-0.15, -0.1) is 0 Å². The molecule has 0 bridgehead atoms. The van der Waals surface area contributed by atoms with Gasteiger partial charge in [-0.25, -0.2) is 0 Å². The number of amidine groups is 1. The van der Waals surface area contributed by atoms with Crippen LogP contribution in [0.25, 0.3) is 23.0 Å². The van der Waals surface area contributed by atoms with Gasteiger partial charge >= 0.3 is 0 Å². The molecule has 13 heteroatoms. The van der Waals surface area contributed by atoms with E-state index in [0.29, 0.717) is 47.1 Å². The zero-order valence-corrected chi connectivity index (χ0v) is 30.3. The zero-order valence-electron chi connectivity index (χ0n) is 30.3. The minimum absolute atomic E-state index is 0.00141. The maximum absolute atomic E-state index is 11.1. The number of aliphatic hydroxyl groups is 2. The van der Waals surface area contributed by atoms with E-state index in [1.807, 2.05) is 51.2 Å². The normalized spacial score (nSPS) is 12.1. The summed E-state index contributed by atoms with van der Waals surface area (Å²) in [6, 6.07) is 7.66. The molecule has 0 aliphatic heterocycles. The number of hydrogen-bond donors (Lipinski definition) is 5. The summed E-state index contributed by atoms with van der Waals surface area (Å²) < 4.78 is 11.4. The molecule has 3 aromatic heterocycles. The van der Waals surface area contributed by atoms with E-state index >= 15 is 0 Å². The number of rotatable bonds is 14. The molecule has 0 saturated carbocycles. The highest BCUT2D eigenvalue weighted by molar-refractivity contribution is 5.95. The first kappa shape index (κ1) is 39.6. The fourth-order valence-corrected chi connectivity index (χ4v) is 5.20. The topological polar surface area (TPSA) is 202 Å². The van der Waals surface area contributed by atoms with E-state index < -0.39 is 18.6 Å². The van der Waals surface area contributed by atoms with E-state index in [9.17, 15) is 9.90 Å². The Morgan fingerprint density at radius 2 is 1.60 bits per heavy atom. The van der Waals surface area contributed by atoms with Gasteiger partial charge in [0.2, 0.25) is 11.7 Å². The van der Waals surface area contributed by atoms with Gasteiger partial charge in [0.05, 0.1) is 0 Å². The maximum atomic E-state index is 11.1. The fourth-order valence-electron chi connectivity index (χ4n) is 5.20. The molecule has 0 aliphatic carbocycles. The number of amides is 1. The number of aliphatic hydroxyl groups excluding tert-OH is 2. The van der Waals surface area contributed by atoms with Crippen molar-refractivity contribution in [3.8, 4) is 28.7 Å². The first-order chi connectivity index (χ1) is 23.8. The van der Waals surface area contributed by atoms with Gasteiger partial charge in [0.25, 0.3) is 5.89 Å². The number of benzene rings is 1. The minimum Gasteiger partial charge on any atom is -0.490 e. The van der Waals surface area contributed by atoms with Crippen molar-refractivity contribution in [3.05, 3.63) is 75.7 Å². The Hall–Kier alpha value is -4.88. The highest BCUT2D eigenvalue weighted by Gasteiger charge is 2.18. The van der Waals surface area contributed by atoms with E-state index in [-0.39, 0.29) is 19.0 Å². The molecule has 0 spiro atoms. The summed E-state index contributed by atoms with van der Waals surface area (Å²) in [6.07, 6.45) is 5.43. The number of nitrogens with two attached hydrogens (primary N) is 1. The van der Waals surface area contributed by atoms with Crippen LogP contribution >= 0.6 is 0 Å². The average Bonchev–Trinajstić information content (AvgIpc) is 3.58. The number of ether oxygens (including phenoxy) is 1. The SMILES string of the molecule is CCc1cc(-c2nc(-c3cc(C)c(CC(C)C)cn3)no2)cc(C)c1OC[C@@H](O)CNC(=O)CO.Cc1cc(C(N)=NO)ncc1CC(C)C. The van der Waals surface area contributed by atoms with E-state index in [4.69, 9.17) is 25.3 Å². The largest absolute Gasteiger partial charge is 0.490 e. The third-order valence-corrected chi connectivity index (χ3v) is 7.80. The quantitative estimate of drug-likeness (QED) is 0.0531. The van der Waals surface area contributed by atoms with Crippen LogP contribution in [0, 0.1) is 32.6 Å². The van der Waals surface area contributed by atoms with Crippen LogP contribution in [0.5, 0.6) is 5.75 Å². The summed E-state index contributed by atoms with van der Waals surface area (Å²) >= 11 is 0. The van der Waals surface area contributed by atoms with Gasteiger partial charge in [-0.1, -0.05) is 44.9 Å².